The van der Waals surface area contributed by atoms with Gasteiger partial charge in [0.25, 0.3) is 5.56 Å². The Morgan fingerprint density at radius 3 is 2.66 bits per heavy atom. The van der Waals surface area contributed by atoms with Gasteiger partial charge in [0.05, 0.1) is 11.3 Å². The number of piperidine rings is 1. The number of fused-ring (bicyclic) bond motifs is 1. The maximum atomic E-state index is 12.1. The van der Waals surface area contributed by atoms with Gasteiger partial charge in [-0.1, -0.05) is 18.6 Å². The summed E-state index contributed by atoms with van der Waals surface area (Å²) in [6.07, 6.45) is 3.28. The van der Waals surface area contributed by atoms with E-state index in [4.69, 9.17) is 4.74 Å². The molecule has 0 radical (unpaired) electrons. The molecule has 0 amide bonds. The zero-order chi connectivity index (χ0) is 20.2. The molecule has 2 aliphatic heterocycles. The summed E-state index contributed by atoms with van der Waals surface area (Å²) in [6.45, 7) is 7.03. The van der Waals surface area contributed by atoms with Crippen molar-refractivity contribution in [3.8, 4) is 5.75 Å². The van der Waals surface area contributed by atoms with Gasteiger partial charge in [0.15, 0.2) is 0 Å². The van der Waals surface area contributed by atoms with Crippen molar-refractivity contribution in [2.24, 2.45) is 0 Å². The minimum absolute atomic E-state index is 0.0261. The third-order valence-electron chi connectivity index (χ3n) is 5.66. The number of benzene rings is 1. The van der Waals surface area contributed by atoms with Crippen molar-refractivity contribution in [3.05, 3.63) is 57.3 Å². The van der Waals surface area contributed by atoms with Crippen molar-refractivity contribution in [2.45, 2.75) is 51.9 Å². The number of β-amino-alcohol motifs (C(OH)–C–C–N with tert-alkyl or cyclic N) is 1. The number of likely N-dealkylation sites (tertiary alicyclic amines) is 1. The van der Waals surface area contributed by atoms with Gasteiger partial charge in [0.2, 0.25) is 0 Å². The molecule has 2 N–H and O–H groups in total. The summed E-state index contributed by atoms with van der Waals surface area (Å²) in [5.41, 5.74) is 2.79. The number of rotatable bonds is 7. The second kappa shape index (κ2) is 9.07. The SMILES string of the molecule is Cc1nc2c(c(=O)[nH]1)CN(Cc1ccc(OC[C@@H](O)CN3CCCCC3)cc1)C2. The van der Waals surface area contributed by atoms with Gasteiger partial charge < -0.3 is 19.7 Å². The van der Waals surface area contributed by atoms with Crippen LogP contribution in [0.1, 0.15) is 41.9 Å². The van der Waals surface area contributed by atoms with Crippen molar-refractivity contribution < 1.29 is 9.84 Å². The molecule has 1 aromatic carbocycles. The monoisotopic (exact) mass is 398 g/mol. The summed E-state index contributed by atoms with van der Waals surface area (Å²) < 4.78 is 5.77. The molecular formula is C22H30N4O3. The number of nitrogens with zero attached hydrogens (tertiary/aromatic N) is 3. The number of hydrogen-bond acceptors (Lipinski definition) is 6. The Hall–Kier alpha value is -2.22. The summed E-state index contributed by atoms with van der Waals surface area (Å²) in [6, 6.07) is 7.97. The zero-order valence-corrected chi connectivity index (χ0v) is 17.1. The van der Waals surface area contributed by atoms with E-state index in [2.05, 4.69) is 19.8 Å². The molecule has 1 aromatic heterocycles. The molecule has 0 unspecified atom stereocenters. The molecule has 2 aromatic rings. The molecule has 2 aliphatic rings. The summed E-state index contributed by atoms with van der Waals surface area (Å²) in [5.74, 6) is 1.43. The average molecular weight is 399 g/mol. The van der Waals surface area contributed by atoms with E-state index in [1.807, 2.05) is 31.2 Å². The maximum Gasteiger partial charge on any atom is 0.255 e. The Morgan fingerprint density at radius 2 is 1.90 bits per heavy atom. The highest BCUT2D eigenvalue weighted by molar-refractivity contribution is 5.28. The number of H-pyrrole nitrogens is 1. The lowest BCUT2D eigenvalue weighted by molar-refractivity contribution is 0.0617. The van der Waals surface area contributed by atoms with Crippen LogP contribution in [-0.2, 0) is 19.6 Å². The predicted molar refractivity (Wildman–Crippen MR) is 111 cm³/mol. The van der Waals surface area contributed by atoms with Gasteiger partial charge in [-0.2, -0.15) is 0 Å². The zero-order valence-electron chi connectivity index (χ0n) is 17.1. The number of aromatic nitrogens is 2. The smallest absolute Gasteiger partial charge is 0.255 e. The molecular weight excluding hydrogens is 368 g/mol. The molecule has 7 heteroatoms. The highest BCUT2D eigenvalue weighted by Crippen LogP contribution is 2.21. The van der Waals surface area contributed by atoms with E-state index < -0.39 is 6.10 Å². The van der Waals surface area contributed by atoms with Crippen LogP contribution in [0, 0.1) is 6.92 Å². The van der Waals surface area contributed by atoms with Crippen LogP contribution >= 0.6 is 0 Å². The van der Waals surface area contributed by atoms with Gasteiger partial charge in [-0.3, -0.25) is 9.69 Å². The van der Waals surface area contributed by atoms with Gasteiger partial charge in [-0.05, 0) is 50.6 Å². The van der Waals surface area contributed by atoms with Crippen LogP contribution in [-0.4, -0.2) is 57.2 Å². The summed E-state index contributed by atoms with van der Waals surface area (Å²) in [7, 11) is 0. The molecule has 0 bridgehead atoms. The van der Waals surface area contributed by atoms with E-state index in [9.17, 15) is 9.90 Å². The van der Waals surface area contributed by atoms with Gasteiger partial charge in [0.1, 0.15) is 24.3 Å². The molecule has 29 heavy (non-hydrogen) atoms. The van der Waals surface area contributed by atoms with Gasteiger partial charge >= 0.3 is 0 Å². The van der Waals surface area contributed by atoms with Gasteiger partial charge in [-0.15, -0.1) is 0 Å². The first-order valence-corrected chi connectivity index (χ1v) is 10.5. The van der Waals surface area contributed by atoms with E-state index in [1.54, 1.807) is 0 Å². The third-order valence-corrected chi connectivity index (χ3v) is 5.66. The highest BCUT2D eigenvalue weighted by atomic mass is 16.5. The van der Waals surface area contributed by atoms with E-state index in [0.29, 0.717) is 32.1 Å². The van der Waals surface area contributed by atoms with Crippen molar-refractivity contribution >= 4 is 0 Å². The third kappa shape index (κ3) is 5.23. The number of aromatic amines is 1. The van der Waals surface area contributed by atoms with E-state index in [1.165, 1.54) is 19.3 Å². The van der Waals surface area contributed by atoms with Crippen LogP contribution in [0.2, 0.25) is 0 Å². The highest BCUT2D eigenvalue weighted by Gasteiger charge is 2.23. The number of nitrogens with one attached hydrogen (secondary N) is 1. The fraction of sp³-hybridized carbons (Fsp3) is 0.545. The minimum Gasteiger partial charge on any atom is -0.491 e. The Bertz CT molecular complexity index is 875. The molecule has 7 nitrogen and oxygen atoms in total. The lowest BCUT2D eigenvalue weighted by Crippen LogP contribution is -2.38. The van der Waals surface area contributed by atoms with Crippen LogP contribution < -0.4 is 10.3 Å². The van der Waals surface area contributed by atoms with Crippen LogP contribution in [0.4, 0.5) is 0 Å². The number of aryl methyl sites for hydroxylation is 1. The lowest BCUT2D eigenvalue weighted by Gasteiger charge is -2.28. The Balaban J connectivity index is 1.25. The summed E-state index contributed by atoms with van der Waals surface area (Å²) in [4.78, 5) is 23.8. The molecule has 1 saturated heterocycles. The Morgan fingerprint density at radius 1 is 1.14 bits per heavy atom. The quantitative estimate of drug-likeness (QED) is 0.741. The number of ether oxygens (including phenoxy) is 1. The van der Waals surface area contributed by atoms with Gasteiger partial charge in [0, 0.05) is 26.2 Å². The minimum atomic E-state index is -0.468. The second-order valence-electron chi connectivity index (χ2n) is 8.19. The van der Waals surface area contributed by atoms with Crippen LogP contribution in [0.3, 0.4) is 0 Å². The standard InChI is InChI=1S/C22H30N4O3/c1-16-23-21-14-26(13-20(21)22(28)24-16)11-17-5-7-19(8-6-17)29-15-18(27)12-25-9-3-2-4-10-25/h5-8,18,27H,2-4,9-15H2,1H3,(H,23,24,28)/t18-/m0/s1. The topological polar surface area (TPSA) is 81.7 Å². The molecule has 1 fully saturated rings. The molecule has 1 atom stereocenters. The average Bonchev–Trinajstić information content (AvgIpc) is 3.11. The van der Waals surface area contributed by atoms with E-state index >= 15 is 0 Å². The van der Waals surface area contributed by atoms with Crippen LogP contribution in [0.25, 0.3) is 0 Å². The van der Waals surface area contributed by atoms with E-state index in [0.717, 1.165) is 42.2 Å². The van der Waals surface area contributed by atoms with Crippen molar-refractivity contribution in [2.75, 3.05) is 26.2 Å². The number of hydrogen-bond donors (Lipinski definition) is 2. The summed E-state index contributed by atoms with van der Waals surface area (Å²) >= 11 is 0. The Kier molecular flexibility index (Phi) is 6.28. The fourth-order valence-corrected chi connectivity index (χ4v) is 4.20. The first-order chi connectivity index (χ1) is 14.1. The Labute approximate surface area is 171 Å². The normalized spacial score (nSPS) is 18.6. The lowest BCUT2D eigenvalue weighted by atomic mass is 10.1. The fourth-order valence-electron chi connectivity index (χ4n) is 4.20. The first-order valence-electron chi connectivity index (χ1n) is 10.5. The van der Waals surface area contributed by atoms with Crippen LogP contribution in [0.5, 0.6) is 5.75 Å². The molecule has 0 saturated carbocycles. The first kappa shape index (κ1) is 20.1. The van der Waals surface area contributed by atoms with Crippen molar-refractivity contribution in [1.82, 2.24) is 19.8 Å². The number of aliphatic hydroxyl groups excluding tert-OH is 1. The summed E-state index contributed by atoms with van der Waals surface area (Å²) in [5, 5.41) is 10.2. The molecule has 3 heterocycles. The van der Waals surface area contributed by atoms with Crippen LogP contribution in [0.15, 0.2) is 29.1 Å². The van der Waals surface area contributed by atoms with E-state index in [-0.39, 0.29) is 5.56 Å². The maximum absolute atomic E-state index is 12.1. The van der Waals surface area contributed by atoms with Crippen molar-refractivity contribution in [3.63, 3.8) is 0 Å². The van der Waals surface area contributed by atoms with Crippen molar-refractivity contribution in [1.29, 1.82) is 0 Å². The second-order valence-corrected chi connectivity index (χ2v) is 8.19. The number of aliphatic hydroxyl groups is 1. The van der Waals surface area contributed by atoms with Gasteiger partial charge in [-0.25, -0.2) is 4.98 Å². The predicted octanol–water partition coefficient (Wildman–Crippen LogP) is 1.82. The molecule has 4 rings (SSSR count). The molecule has 156 valence electrons. The largest absolute Gasteiger partial charge is 0.491 e. The molecule has 0 spiro atoms. The molecule has 0 aliphatic carbocycles.